The molecule has 1 aromatic heterocycles. The zero-order valence-electron chi connectivity index (χ0n) is 11.8. The Labute approximate surface area is 118 Å². The molecule has 108 valence electrons. The third kappa shape index (κ3) is 3.35. The molecule has 1 heterocycles. The fraction of sp³-hybridized carbons (Fsp3) is 0.533. The van der Waals surface area contributed by atoms with Crippen molar-refractivity contribution in [1.29, 1.82) is 0 Å². The fourth-order valence-corrected chi connectivity index (χ4v) is 2.15. The van der Waals surface area contributed by atoms with Gasteiger partial charge in [-0.05, 0) is 30.5 Å². The maximum atomic E-state index is 12.5. The van der Waals surface area contributed by atoms with Crippen molar-refractivity contribution in [3.63, 3.8) is 0 Å². The minimum atomic E-state index is -0.925. The van der Waals surface area contributed by atoms with Gasteiger partial charge in [-0.2, -0.15) is 0 Å². The lowest BCUT2D eigenvalue weighted by Gasteiger charge is -2.27. The SMILES string of the molecule is CC(C(=O)O)C(C)C(=O)N(Cc1ccncc1)C1CC1. The highest BCUT2D eigenvalue weighted by Gasteiger charge is 2.37. The van der Waals surface area contributed by atoms with E-state index < -0.39 is 17.8 Å². The predicted octanol–water partition coefficient (Wildman–Crippen LogP) is 1.93. The molecule has 20 heavy (non-hydrogen) atoms. The fourth-order valence-electron chi connectivity index (χ4n) is 2.15. The second-order valence-electron chi connectivity index (χ2n) is 5.47. The van der Waals surface area contributed by atoms with Gasteiger partial charge in [0.15, 0.2) is 0 Å². The Morgan fingerprint density at radius 2 is 1.90 bits per heavy atom. The monoisotopic (exact) mass is 276 g/mol. The Kier molecular flexibility index (Phi) is 4.37. The Morgan fingerprint density at radius 3 is 2.40 bits per heavy atom. The van der Waals surface area contributed by atoms with Gasteiger partial charge in [0.1, 0.15) is 0 Å². The van der Waals surface area contributed by atoms with Crippen LogP contribution >= 0.6 is 0 Å². The Bertz CT molecular complexity index is 485. The largest absolute Gasteiger partial charge is 0.481 e. The average Bonchev–Trinajstić information content (AvgIpc) is 3.28. The van der Waals surface area contributed by atoms with Crippen LogP contribution in [0.2, 0.25) is 0 Å². The van der Waals surface area contributed by atoms with Crippen molar-refractivity contribution in [3.8, 4) is 0 Å². The summed E-state index contributed by atoms with van der Waals surface area (Å²) in [6, 6.07) is 4.03. The molecule has 5 nitrogen and oxygen atoms in total. The first-order valence-electron chi connectivity index (χ1n) is 6.93. The Morgan fingerprint density at radius 1 is 1.30 bits per heavy atom. The number of hydrogen-bond acceptors (Lipinski definition) is 3. The standard InChI is InChI=1S/C15H20N2O3/c1-10(11(2)15(19)20)14(18)17(13-3-4-13)9-12-5-7-16-8-6-12/h5-8,10-11,13H,3-4,9H2,1-2H3,(H,19,20). The van der Waals surface area contributed by atoms with Crippen LogP contribution in [0.25, 0.3) is 0 Å². The number of pyridine rings is 1. The molecule has 0 bridgehead atoms. The van der Waals surface area contributed by atoms with Crippen LogP contribution in [0.3, 0.4) is 0 Å². The van der Waals surface area contributed by atoms with E-state index in [4.69, 9.17) is 5.11 Å². The van der Waals surface area contributed by atoms with Crippen LogP contribution in [0.15, 0.2) is 24.5 Å². The van der Waals surface area contributed by atoms with Crippen molar-refractivity contribution in [1.82, 2.24) is 9.88 Å². The van der Waals surface area contributed by atoms with E-state index in [1.807, 2.05) is 17.0 Å². The predicted molar refractivity (Wildman–Crippen MR) is 73.8 cm³/mol. The van der Waals surface area contributed by atoms with E-state index in [-0.39, 0.29) is 11.9 Å². The second-order valence-corrected chi connectivity index (χ2v) is 5.47. The normalized spacial score (nSPS) is 17.3. The maximum absolute atomic E-state index is 12.5. The molecule has 0 aliphatic heterocycles. The van der Waals surface area contributed by atoms with Gasteiger partial charge in [-0.1, -0.05) is 13.8 Å². The van der Waals surface area contributed by atoms with Gasteiger partial charge < -0.3 is 10.0 Å². The van der Waals surface area contributed by atoms with Crippen molar-refractivity contribution >= 4 is 11.9 Å². The summed E-state index contributed by atoms with van der Waals surface area (Å²) in [4.78, 5) is 29.3. The number of carboxylic acids is 1. The van der Waals surface area contributed by atoms with Gasteiger partial charge in [0.2, 0.25) is 5.91 Å². The summed E-state index contributed by atoms with van der Waals surface area (Å²) in [7, 11) is 0. The number of carboxylic acid groups (broad SMARTS) is 1. The van der Waals surface area contributed by atoms with Gasteiger partial charge in [0.05, 0.1) is 5.92 Å². The van der Waals surface area contributed by atoms with Crippen molar-refractivity contribution in [2.24, 2.45) is 11.8 Å². The molecule has 1 saturated carbocycles. The lowest BCUT2D eigenvalue weighted by atomic mass is 9.94. The molecule has 0 aromatic carbocycles. The van der Waals surface area contributed by atoms with Crippen LogP contribution in [0.1, 0.15) is 32.3 Å². The third-order valence-electron chi connectivity index (χ3n) is 3.90. The van der Waals surface area contributed by atoms with Crippen LogP contribution in [0, 0.1) is 11.8 Å². The molecule has 0 saturated heterocycles. The number of amides is 1. The molecule has 5 heteroatoms. The van der Waals surface area contributed by atoms with Gasteiger partial charge >= 0.3 is 5.97 Å². The number of carbonyl (C=O) groups excluding carboxylic acids is 1. The molecule has 1 aliphatic rings. The van der Waals surface area contributed by atoms with Gasteiger partial charge in [-0.15, -0.1) is 0 Å². The van der Waals surface area contributed by atoms with E-state index in [0.717, 1.165) is 18.4 Å². The average molecular weight is 276 g/mol. The molecule has 0 radical (unpaired) electrons. The molecule has 0 spiro atoms. The Hall–Kier alpha value is -1.91. The van der Waals surface area contributed by atoms with E-state index in [1.165, 1.54) is 0 Å². The minimum Gasteiger partial charge on any atom is -0.481 e. The van der Waals surface area contributed by atoms with Crippen LogP contribution in [0.5, 0.6) is 0 Å². The highest BCUT2D eigenvalue weighted by molar-refractivity contribution is 5.84. The van der Waals surface area contributed by atoms with E-state index in [9.17, 15) is 9.59 Å². The van der Waals surface area contributed by atoms with E-state index >= 15 is 0 Å². The van der Waals surface area contributed by atoms with E-state index in [0.29, 0.717) is 6.54 Å². The molecule has 1 N–H and O–H groups in total. The molecule has 1 fully saturated rings. The van der Waals surface area contributed by atoms with Gasteiger partial charge in [0.25, 0.3) is 0 Å². The van der Waals surface area contributed by atoms with Crippen molar-refractivity contribution in [2.75, 3.05) is 0 Å². The van der Waals surface area contributed by atoms with Gasteiger partial charge in [0, 0.05) is 30.9 Å². The topological polar surface area (TPSA) is 70.5 Å². The highest BCUT2D eigenvalue weighted by Crippen LogP contribution is 2.30. The minimum absolute atomic E-state index is 0.0702. The first-order chi connectivity index (χ1) is 9.50. The first-order valence-corrected chi connectivity index (χ1v) is 6.93. The summed E-state index contributed by atoms with van der Waals surface area (Å²) < 4.78 is 0. The van der Waals surface area contributed by atoms with Crippen LogP contribution < -0.4 is 0 Å². The van der Waals surface area contributed by atoms with Gasteiger partial charge in [-0.25, -0.2) is 0 Å². The number of nitrogens with zero attached hydrogens (tertiary/aromatic N) is 2. The first kappa shape index (κ1) is 14.5. The molecular weight excluding hydrogens is 256 g/mol. The van der Waals surface area contributed by atoms with Crippen LogP contribution in [0.4, 0.5) is 0 Å². The number of rotatable bonds is 6. The van der Waals surface area contributed by atoms with Crippen molar-refractivity contribution < 1.29 is 14.7 Å². The lowest BCUT2D eigenvalue weighted by Crippen LogP contribution is -2.40. The second kappa shape index (κ2) is 6.03. The number of carbonyl (C=O) groups is 2. The number of aliphatic carboxylic acids is 1. The smallest absolute Gasteiger partial charge is 0.307 e. The maximum Gasteiger partial charge on any atom is 0.307 e. The third-order valence-corrected chi connectivity index (χ3v) is 3.90. The molecular formula is C15H20N2O3. The molecule has 1 aromatic rings. The summed E-state index contributed by atoms with van der Waals surface area (Å²) in [5, 5.41) is 9.05. The van der Waals surface area contributed by atoms with E-state index in [1.54, 1.807) is 26.2 Å². The summed E-state index contributed by atoms with van der Waals surface area (Å²) in [6.07, 6.45) is 5.42. The summed E-state index contributed by atoms with van der Waals surface area (Å²) in [5.41, 5.74) is 1.02. The number of aromatic nitrogens is 1. The molecule has 2 atom stereocenters. The highest BCUT2D eigenvalue weighted by atomic mass is 16.4. The zero-order valence-corrected chi connectivity index (χ0v) is 11.8. The molecule has 1 amide bonds. The summed E-state index contributed by atoms with van der Waals surface area (Å²) in [6.45, 7) is 3.81. The zero-order chi connectivity index (χ0) is 14.7. The van der Waals surface area contributed by atoms with Gasteiger partial charge in [-0.3, -0.25) is 14.6 Å². The molecule has 1 aliphatic carbocycles. The molecule has 2 rings (SSSR count). The summed E-state index contributed by atoms with van der Waals surface area (Å²) >= 11 is 0. The Balaban J connectivity index is 2.09. The van der Waals surface area contributed by atoms with Crippen LogP contribution in [-0.2, 0) is 16.1 Å². The molecule has 2 unspecified atom stereocenters. The van der Waals surface area contributed by atoms with Crippen LogP contribution in [-0.4, -0.2) is 32.9 Å². The summed E-state index contributed by atoms with van der Waals surface area (Å²) in [5.74, 6) is -2.17. The van der Waals surface area contributed by atoms with Crippen molar-refractivity contribution in [3.05, 3.63) is 30.1 Å². The lowest BCUT2D eigenvalue weighted by molar-refractivity contribution is -0.149. The van der Waals surface area contributed by atoms with Crippen molar-refractivity contribution in [2.45, 2.75) is 39.3 Å². The quantitative estimate of drug-likeness (QED) is 0.862. The number of hydrogen-bond donors (Lipinski definition) is 1. The van der Waals surface area contributed by atoms with E-state index in [2.05, 4.69) is 4.98 Å².